The normalized spacial score (nSPS) is 23.0. The zero-order valence-corrected chi connectivity index (χ0v) is 18.9. The molecule has 2 aromatic rings. The van der Waals surface area contributed by atoms with Crippen molar-refractivity contribution in [1.29, 1.82) is 0 Å². The van der Waals surface area contributed by atoms with E-state index in [1.54, 1.807) is 0 Å². The van der Waals surface area contributed by atoms with Crippen LogP contribution < -0.4 is 20.3 Å². The highest BCUT2D eigenvalue weighted by atomic mass is 35.5. The number of aromatic amines is 1. The molecule has 5 rings (SSSR count). The van der Waals surface area contributed by atoms with Crippen molar-refractivity contribution in [3.8, 4) is 5.75 Å². The number of hydrogen-bond acceptors (Lipinski definition) is 4. The summed E-state index contributed by atoms with van der Waals surface area (Å²) in [7, 11) is 0. The maximum absolute atomic E-state index is 6.44. The molecule has 0 spiro atoms. The number of nitrogens with zero attached hydrogens (tertiary/aromatic N) is 3. The summed E-state index contributed by atoms with van der Waals surface area (Å²) in [5.41, 5.74) is 3.59. The van der Waals surface area contributed by atoms with Crippen molar-refractivity contribution in [3.63, 3.8) is 0 Å². The SMILES string of the molecule is CC(C)N1CC=C(Cl)C=c2[nH]c3c(c21)CN=NC=3[C@H]1CC[C@H](Oc2ccccc2)CC1. The van der Waals surface area contributed by atoms with E-state index in [1.165, 1.54) is 11.3 Å². The molecule has 5 nitrogen and oxygen atoms in total. The van der Waals surface area contributed by atoms with Gasteiger partial charge in [0, 0.05) is 29.1 Å². The van der Waals surface area contributed by atoms with Crippen molar-refractivity contribution < 1.29 is 4.74 Å². The second kappa shape index (κ2) is 8.54. The van der Waals surface area contributed by atoms with Gasteiger partial charge in [0.25, 0.3) is 0 Å². The van der Waals surface area contributed by atoms with Crippen LogP contribution in [0, 0.1) is 5.92 Å². The van der Waals surface area contributed by atoms with Crippen molar-refractivity contribution in [2.45, 2.75) is 58.2 Å². The van der Waals surface area contributed by atoms with Crippen LogP contribution in [0.1, 0.15) is 45.1 Å². The van der Waals surface area contributed by atoms with E-state index in [1.807, 2.05) is 36.4 Å². The number of benzene rings is 1. The Kier molecular flexibility index (Phi) is 5.61. The molecule has 0 unspecified atom stereocenters. The van der Waals surface area contributed by atoms with Crippen LogP contribution in [0.4, 0.5) is 5.69 Å². The Morgan fingerprint density at radius 1 is 1.13 bits per heavy atom. The Bertz CT molecular complexity index is 1120. The molecule has 0 saturated heterocycles. The molecule has 1 fully saturated rings. The lowest BCUT2D eigenvalue weighted by Gasteiger charge is -2.30. The van der Waals surface area contributed by atoms with Crippen molar-refractivity contribution in [2.75, 3.05) is 11.4 Å². The number of rotatable bonds is 4. The van der Waals surface area contributed by atoms with Crippen LogP contribution in [0.25, 0.3) is 11.8 Å². The second-order valence-corrected chi connectivity index (χ2v) is 9.35. The molecular formula is C25H29ClN4O. The van der Waals surface area contributed by atoms with E-state index < -0.39 is 0 Å². The Balaban J connectivity index is 1.44. The lowest BCUT2D eigenvalue weighted by atomic mass is 9.84. The van der Waals surface area contributed by atoms with Gasteiger partial charge in [-0.1, -0.05) is 29.8 Å². The molecule has 3 aliphatic rings. The molecule has 0 atom stereocenters. The number of anilines is 1. The van der Waals surface area contributed by atoms with Gasteiger partial charge in [0.05, 0.1) is 34.7 Å². The van der Waals surface area contributed by atoms with Gasteiger partial charge in [0.1, 0.15) is 5.75 Å². The first-order chi connectivity index (χ1) is 15.1. The zero-order valence-electron chi connectivity index (χ0n) is 18.1. The van der Waals surface area contributed by atoms with E-state index >= 15 is 0 Å². The molecule has 162 valence electrons. The van der Waals surface area contributed by atoms with Crippen molar-refractivity contribution in [2.24, 2.45) is 16.1 Å². The average molecular weight is 437 g/mol. The fraction of sp³-hybridized carbons (Fsp3) is 0.440. The predicted octanol–water partition coefficient (Wildman–Crippen LogP) is 4.86. The average Bonchev–Trinajstić information content (AvgIpc) is 3.03. The summed E-state index contributed by atoms with van der Waals surface area (Å²) in [4.78, 5) is 6.07. The highest BCUT2D eigenvalue weighted by Crippen LogP contribution is 2.35. The van der Waals surface area contributed by atoms with Crippen LogP contribution >= 0.6 is 11.6 Å². The smallest absolute Gasteiger partial charge is 0.119 e. The molecule has 0 bridgehead atoms. The summed E-state index contributed by atoms with van der Waals surface area (Å²) in [6.45, 7) is 5.86. The number of allylic oxidation sites excluding steroid dienone is 1. The topological polar surface area (TPSA) is 53.0 Å². The molecule has 1 aromatic heterocycles. The largest absolute Gasteiger partial charge is 0.490 e. The number of nitrogens with one attached hydrogen (secondary N) is 1. The first-order valence-corrected chi connectivity index (χ1v) is 11.7. The minimum absolute atomic E-state index is 0.272. The van der Waals surface area contributed by atoms with Gasteiger partial charge in [-0.3, -0.25) is 0 Å². The van der Waals surface area contributed by atoms with Crippen LogP contribution in [0.3, 0.4) is 0 Å². The van der Waals surface area contributed by atoms with Crippen molar-refractivity contribution in [3.05, 3.63) is 57.7 Å². The van der Waals surface area contributed by atoms with E-state index in [0.29, 0.717) is 18.5 Å². The number of fused-ring (bicyclic) bond motifs is 3. The van der Waals surface area contributed by atoms with E-state index in [9.17, 15) is 0 Å². The number of ether oxygens (including phenoxy) is 1. The summed E-state index contributed by atoms with van der Waals surface area (Å²) in [5.74, 6) is 1.36. The Morgan fingerprint density at radius 3 is 2.65 bits per heavy atom. The monoisotopic (exact) mass is 436 g/mol. The van der Waals surface area contributed by atoms with Crippen molar-refractivity contribution >= 4 is 29.1 Å². The van der Waals surface area contributed by atoms with E-state index in [4.69, 9.17) is 16.3 Å². The quantitative estimate of drug-likeness (QED) is 0.744. The van der Waals surface area contributed by atoms with Crippen LogP contribution in [0.2, 0.25) is 0 Å². The first kappa shape index (κ1) is 20.4. The molecule has 31 heavy (non-hydrogen) atoms. The highest BCUT2D eigenvalue weighted by molar-refractivity contribution is 6.34. The Labute approximate surface area is 188 Å². The number of halogens is 1. The molecule has 3 heterocycles. The summed E-state index contributed by atoms with van der Waals surface area (Å²) in [5, 5.41) is 12.2. The third-order valence-corrected chi connectivity index (χ3v) is 6.81. The number of hydrogen-bond donors (Lipinski definition) is 1. The van der Waals surface area contributed by atoms with Gasteiger partial charge in [-0.2, -0.15) is 10.2 Å². The second-order valence-electron chi connectivity index (χ2n) is 8.91. The number of para-hydroxylation sites is 1. The lowest BCUT2D eigenvalue weighted by Crippen LogP contribution is -2.34. The van der Waals surface area contributed by atoms with Gasteiger partial charge in [0.15, 0.2) is 0 Å². The number of aromatic nitrogens is 1. The van der Waals surface area contributed by atoms with Crippen LogP contribution in [0.5, 0.6) is 5.75 Å². The predicted molar refractivity (Wildman–Crippen MR) is 126 cm³/mol. The zero-order chi connectivity index (χ0) is 21.4. The molecule has 1 N–H and O–H groups in total. The third kappa shape index (κ3) is 4.03. The van der Waals surface area contributed by atoms with E-state index in [0.717, 1.165) is 59.4 Å². The van der Waals surface area contributed by atoms with Gasteiger partial charge in [-0.05, 0) is 63.8 Å². The number of azo groups is 1. The van der Waals surface area contributed by atoms with Gasteiger partial charge in [-0.15, -0.1) is 0 Å². The van der Waals surface area contributed by atoms with E-state index in [-0.39, 0.29) is 6.10 Å². The molecule has 1 saturated carbocycles. The van der Waals surface area contributed by atoms with Crippen molar-refractivity contribution in [1.82, 2.24) is 4.98 Å². The maximum atomic E-state index is 6.44. The minimum Gasteiger partial charge on any atom is -0.490 e. The minimum atomic E-state index is 0.272. The van der Waals surface area contributed by atoms with Crippen LogP contribution in [0.15, 0.2) is 51.7 Å². The third-order valence-electron chi connectivity index (χ3n) is 6.55. The summed E-state index contributed by atoms with van der Waals surface area (Å²) < 4.78 is 6.19. The van der Waals surface area contributed by atoms with Crippen LogP contribution in [-0.4, -0.2) is 23.7 Å². The Hall–Kier alpha value is -2.53. The lowest BCUT2D eigenvalue weighted by molar-refractivity contribution is 0.142. The Morgan fingerprint density at radius 2 is 1.90 bits per heavy atom. The van der Waals surface area contributed by atoms with Crippen LogP contribution in [-0.2, 0) is 6.54 Å². The molecule has 1 aromatic carbocycles. The van der Waals surface area contributed by atoms with E-state index in [2.05, 4.69) is 40.0 Å². The first-order valence-electron chi connectivity index (χ1n) is 11.3. The van der Waals surface area contributed by atoms with Gasteiger partial charge in [-0.25, -0.2) is 0 Å². The summed E-state index contributed by atoms with van der Waals surface area (Å²) in [6.07, 6.45) is 8.58. The molecule has 1 aliphatic carbocycles. The molecule has 6 heteroatoms. The van der Waals surface area contributed by atoms with Gasteiger partial charge < -0.3 is 14.6 Å². The summed E-state index contributed by atoms with van der Waals surface area (Å²) >= 11 is 6.44. The van der Waals surface area contributed by atoms with Gasteiger partial charge >= 0.3 is 0 Å². The molecule has 0 amide bonds. The maximum Gasteiger partial charge on any atom is 0.119 e. The number of H-pyrrole nitrogens is 1. The molecular weight excluding hydrogens is 408 g/mol. The fourth-order valence-corrected chi connectivity index (χ4v) is 5.14. The van der Waals surface area contributed by atoms with Gasteiger partial charge in [0.2, 0.25) is 0 Å². The molecule has 0 radical (unpaired) electrons. The fourth-order valence-electron chi connectivity index (χ4n) is 4.96. The molecule has 2 aliphatic heterocycles. The summed E-state index contributed by atoms with van der Waals surface area (Å²) in [6, 6.07) is 10.5. The standard InChI is InChI=1S/C25H29ClN4O/c1-16(2)30-13-12-18(26)14-22-25(30)21-15-27-29-23(24(21)28-22)17-8-10-20(11-9-17)31-19-6-4-3-5-7-19/h3-7,12,14,16-17,20,28H,8-11,13,15H2,1-2H3/t17-,20-. The highest BCUT2D eigenvalue weighted by Gasteiger charge is 2.29.